The molecular formula is C22H28N6O4. The van der Waals surface area contributed by atoms with Gasteiger partial charge in [-0.3, -0.25) is 25.1 Å². The van der Waals surface area contributed by atoms with Crippen molar-refractivity contribution in [2.24, 2.45) is 11.3 Å². The molecule has 0 bridgehead atoms. The van der Waals surface area contributed by atoms with E-state index in [-0.39, 0.29) is 17.6 Å². The maximum Gasteiger partial charge on any atom is 0.327 e. The van der Waals surface area contributed by atoms with Crippen LogP contribution in [0, 0.1) is 11.3 Å². The Hall–Kier alpha value is -3.53. The van der Waals surface area contributed by atoms with Gasteiger partial charge >= 0.3 is 6.03 Å². The number of anilines is 2. The van der Waals surface area contributed by atoms with Gasteiger partial charge in [-0.25, -0.2) is 14.8 Å². The highest BCUT2D eigenvalue weighted by atomic mass is 16.5. The van der Waals surface area contributed by atoms with Crippen molar-refractivity contribution in [1.29, 1.82) is 0 Å². The number of aromatic nitrogens is 2. The van der Waals surface area contributed by atoms with Crippen LogP contribution in [0.3, 0.4) is 0 Å². The summed E-state index contributed by atoms with van der Waals surface area (Å²) in [6.07, 6.45) is 3.83. The molecule has 170 valence electrons. The van der Waals surface area contributed by atoms with E-state index in [0.717, 1.165) is 13.0 Å². The fourth-order valence-electron chi connectivity index (χ4n) is 2.99. The van der Waals surface area contributed by atoms with Crippen LogP contribution in [0.2, 0.25) is 0 Å². The molecule has 2 aromatic heterocycles. The Morgan fingerprint density at radius 3 is 2.56 bits per heavy atom. The van der Waals surface area contributed by atoms with E-state index < -0.39 is 17.4 Å². The SMILES string of the molecule is CN(C(=O)C1CCNC1)c1cc(Oc2ccc(NC(=O)NC(=O)C(C)(C)C)nc2)ccn1. The molecule has 3 N–H and O–H groups in total. The minimum absolute atomic E-state index is 0.0139. The smallest absolute Gasteiger partial charge is 0.327 e. The van der Waals surface area contributed by atoms with Gasteiger partial charge in [-0.15, -0.1) is 0 Å². The van der Waals surface area contributed by atoms with E-state index in [0.29, 0.717) is 23.9 Å². The normalized spacial score (nSPS) is 15.7. The molecule has 1 atom stereocenters. The molecule has 0 radical (unpaired) electrons. The van der Waals surface area contributed by atoms with Crippen molar-refractivity contribution >= 4 is 29.5 Å². The standard InChI is InChI=1S/C22H28N6O4/c1-22(2,3)20(30)27-21(31)26-17-6-5-16(13-25-17)32-15-8-10-24-18(11-15)28(4)19(29)14-7-9-23-12-14/h5-6,8,10-11,13-14,23H,7,9,12H2,1-4H3,(H2,25,26,27,30,31). The number of imide groups is 1. The zero-order valence-corrected chi connectivity index (χ0v) is 18.6. The first kappa shape index (κ1) is 23.1. The quantitative estimate of drug-likeness (QED) is 0.652. The minimum Gasteiger partial charge on any atom is -0.456 e. The number of nitrogens with one attached hydrogen (secondary N) is 3. The number of carbonyl (C=O) groups excluding carboxylic acids is 3. The van der Waals surface area contributed by atoms with Gasteiger partial charge in [0, 0.05) is 31.3 Å². The highest BCUT2D eigenvalue weighted by Crippen LogP contribution is 2.25. The zero-order valence-electron chi connectivity index (χ0n) is 18.6. The number of ether oxygens (including phenoxy) is 1. The van der Waals surface area contributed by atoms with Gasteiger partial charge in [0.25, 0.3) is 0 Å². The topological polar surface area (TPSA) is 126 Å². The Kier molecular flexibility index (Phi) is 7.04. The van der Waals surface area contributed by atoms with Crippen LogP contribution >= 0.6 is 0 Å². The molecule has 2 aromatic rings. The molecule has 1 aliphatic rings. The van der Waals surface area contributed by atoms with Crippen molar-refractivity contribution in [3.05, 3.63) is 36.7 Å². The average molecular weight is 441 g/mol. The van der Waals surface area contributed by atoms with Crippen molar-refractivity contribution in [2.45, 2.75) is 27.2 Å². The van der Waals surface area contributed by atoms with Gasteiger partial charge in [-0.1, -0.05) is 20.8 Å². The Morgan fingerprint density at radius 2 is 1.94 bits per heavy atom. The van der Waals surface area contributed by atoms with Crippen molar-refractivity contribution in [3.8, 4) is 11.5 Å². The maximum atomic E-state index is 12.6. The Morgan fingerprint density at radius 1 is 1.16 bits per heavy atom. The summed E-state index contributed by atoms with van der Waals surface area (Å²) in [6, 6.07) is 5.89. The van der Waals surface area contributed by atoms with Gasteiger partial charge in [-0.2, -0.15) is 0 Å². The number of amides is 4. The van der Waals surface area contributed by atoms with Crippen LogP contribution in [0.4, 0.5) is 16.4 Å². The van der Waals surface area contributed by atoms with Crippen LogP contribution in [-0.2, 0) is 9.59 Å². The molecule has 3 rings (SSSR count). The fourth-order valence-corrected chi connectivity index (χ4v) is 2.99. The van der Waals surface area contributed by atoms with Gasteiger partial charge in [0.05, 0.1) is 12.1 Å². The number of nitrogens with zero attached hydrogens (tertiary/aromatic N) is 3. The third-order valence-electron chi connectivity index (χ3n) is 4.92. The van der Waals surface area contributed by atoms with E-state index in [1.807, 2.05) is 0 Å². The van der Waals surface area contributed by atoms with Crippen LogP contribution in [0.1, 0.15) is 27.2 Å². The van der Waals surface area contributed by atoms with E-state index in [1.165, 1.54) is 11.1 Å². The van der Waals surface area contributed by atoms with Crippen LogP contribution < -0.4 is 25.6 Å². The lowest BCUT2D eigenvalue weighted by molar-refractivity contribution is -0.127. The lowest BCUT2D eigenvalue weighted by Gasteiger charge is -2.20. The Labute approximate surface area is 186 Å². The largest absolute Gasteiger partial charge is 0.456 e. The zero-order chi connectivity index (χ0) is 23.3. The van der Waals surface area contributed by atoms with Crippen LogP contribution in [0.25, 0.3) is 0 Å². The first-order valence-electron chi connectivity index (χ1n) is 10.3. The summed E-state index contributed by atoms with van der Waals surface area (Å²) in [5.41, 5.74) is -0.682. The van der Waals surface area contributed by atoms with Crippen molar-refractivity contribution in [1.82, 2.24) is 20.6 Å². The number of hydrogen-bond acceptors (Lipinski definition) is 7. The number of urea groups is 1. The van der Waals surface area contributed by atoms with Crippen LogP contribution in [-0.4, -0.2) is 48.0 Å². The molecule has 32 heavy (non-hydrogen) atoms. The van der Waals surface area contributed by atoms with E-state index in [1.54, 1.807) is 58.3 Å². The summed E-state index contributed by atoms with van der Waals surface area (Å²) in [5, 5.41) is 7.96. The van der Waals surface area contributed by atoms with Crippen molar-refractivity contribution in [2.75, 3.05) is 30.4 Å². The summed E-state index contributed by atoms with van der Waals surface area (Å²) in [6.45, 7) is 6.65. The third kappa shape index (κ3) is 6.01. The molecule has 1 saturated heterocycles. The highest BCUT2D eigenvalue weighted by molar-refractivity contribution is 6.02. The molecule has 0 saturated carbocycles. The molecule has 0 spiro atoms. The molecule has 4 amide bonds. The van der Waals surface area contributed by atoms with Gasteiger partial charge in [0.1, 0.15) is 23.1 Å². The van der Waals surface area contributed by atoms with Gasteiger partial charge in [0.2, 0.25) is 11.8 Å². The first-order valence-corrected chi connectivity index (χ1v) is 10.3. The minimum atomic E-state index is -0.682. The molecule has 0 aromatic carbocycles. The van der Waals surface area contributed by atoms with Crippen LogP contribution in [0.5, 0.6) is 11.5 Å². The predicted octanol–water partition coefficient (Wildman–Crippen LogP) is 2.54. The van der Waals surface area contributed by atoms with Gasteiger partial charge < -0.3 is 10.1 Å². The second kappa shape index (κ2) is 9.73. The molecule has 3 heterocycles. The van der Waals surface area contributed by atoms with Crippen molar-refractivity contribution in [3.63, 3.8) is 0 Å². The number of rotatable bonds is 5. The molecule has 1 unspecified atom stereocenters. The number of carbonyl (C=O) groups is 3. The van der Waals surface area contributed by atoms with E-state index in [2.05, 4.69) is 25.9 Å². The first-order chi connectivity index (χ1) is 15.1. The molecule has 0 aliphatic carbocycles. The Bertz CT molecular complexity index is 981. The second-order valence-corrected chi connectivity index (χ2v) is 8.58. The van der Waals surface area contributed by atoms with E-state index in [4.69, 9.17) is 4.74 Å². The summed E-state index contributed by atoms with van der Waals surface area (Å²) in [5.74, 6) is 1.26. The lowest BCUT2D eigenvalue weighted by atomic mass is 9.96. The highest BCUT2D eigenvalue weighted by Gasteiger charge is 2.26. The molecule has 10 nitrogen and oxygen atoms in total. The number of pyridine rings is 2. The third-order valence-corrected chi connectivity index (χ3v) is 4.92. The Balaban J connectivity index is 1.59. The van der Waals surface area contributed by atoms with E-state index >= 15 is 0 Å². The summed E-state index contributed by atoms with van der Waals surface area (Å²) in [4.78, 5) is 46.3. The van der Waals surface area contributed by atoms with E-state index in [9.17, 15) is 14.4 Å². The average Bonchev–Trinajstić information content (AvgIpc) is 3.28. The van der Waals surface area contributed by atoms with Gasteiger partial charge in [0.15, 0.2) is 0 Å². The monoisotopic (exact) mass is 440 g/mol. The summed E-state index contributed by atoms with van der Waals surface area (Å²) < 4.78 is 5.81. The van der Waals surface area contributed by atoms with Gasteiger partial charge in [-0.05, 0) is 31.2 Å². The number of hydrogen-bond donors (Lipinski definition) is 3. The second-order valence-electron chi connectivity index (χ2n) is 8.58. The molecule has 1 aliphatic heterocycles. The van der Waals surface area contributed by atoms with Crippen molar-refractivity contribution < 1.29 is 19.1 Å². The molecule has 10 heteroatoms. The molecule has 1 fully saturated rings. The van der Waals surface area contributed by atoms with Crippen LogP contribution in [0.15, 0.2) is 36.7 Å². The predicted molar refractivity (Wildman–Crippen MR) is 120 cm³/mol. The molecular weight excluding hydrogens is 412 g/mol. The fraction of sp³-hybridized carbons (Fsp3) is 0.409. The summed E-state index contributed by atoms with van der Waals surface area (Å²) in [7, 11) is 1.70. The maximum absolute atomic E-state index is 12.6. The lowest BCUT2D eigenvalue weighted by Crippen LogP contribution is -2.41. The summed E-state index contributed by atoms with van der Waals surface area (Å²) >= 11 is 0.